The van der Waals surface area contributed by atoms with Crippen LogP contribution in [0.3, 0.4) is 0 Å². The van der Waals surface area contributed by atoms with Crippen molar-refractivity contribution in [3.05, 3.63) is 0 Å². The summed E-state index contributed by atoms with van der Waals surface area (Å²) in [5.74, 6) is 0.324. The van der Waals surface area contributed by atoms with Crippen LogP contribution in [-0.2, 0) is 4.79 Å². The molecule has 0 unspecified atom stereocenters. The maximum Gasteiger partial charge on any atom is 0.220 e. The minimum Gasteiger partial charge on any atom is -0.390 e. The van der Waals surface area contributed by atoms with Crippen molar-refractivity contribution in [2.75, 3.05) is 0 Å². The first kappa shape index (κ1) is 17.4. The van der Waals surface area contributed by atoms with Gasteiger partial charge in [0.2, 0.25) is 5.91 Å². The maximum absolute atomic E-state index is 11.7. The fourth-order valence-electron chi connectivity index (χ4n) is 1.92. The van der Waals surface area contributed by atoms with Crippen LogP contribution in [0.15, 0.2) is 0 Å². The second-order valence-corrected chi connectivity index (χ2v) is 5.37. The molecule has 18 heavy (non-hydrogen) atoms. The number of hydrogen-bond donors (Lipinski definition) is 3. The minimum absolute atomic E-state index is 0.0372. The van der Waals surface area contributed by atoms with Gasteiger partial charge in [-0.2, -0.15) is 0 Å². The topological polar surface area (TPSA) is 69.6 Å². The van der Waals surface area contributed by atoms with E-state index in [4.69, 9.17) is 0 Å². The van der Waals surface area contributed by atoms with Crippen LogP contribution < -0.4 is 5.32 Å². The van der Waals surface area contributed by atoms with Gasteiger partial charge in [-0.1, -0.05) is 34.1 Å². The highest BCUT2D eigenvalue weighted by molar-refractivity contribution is 5.76. The predicted octanol–water partition coefficient (Wildman–Crippen LogP) is 1.84. The zero-order chi connectivity index (χ0) is 14.1. The number of aliphatic hydroxyl groups excluding tert-OH is 2. The molecule has 0 aromatic rings. The van der Waals surface area contributed by atoms with E-state index in [1.165, 1.54) is 0 Å². The number of hydrogen-bond acceptors (Lipinski definition) is 3. The molecular weight excluding hydrogens is 230 g/mol. The number of unbranched alkanes of at least 4 members (excludes halogenated alkanes) is 1. The third-order valence-electron chi connectivity index (χ3n) is 3.05. The first-order chi connectivity index (χ1) is 8.42. The van der Waals surface area contributed by atoms with E-state index in [1.807, 2.05) is 27.7 Å². The number of aliphatic hydroxyl groups is 2. The van der Waals surface area contributed by atoms with Crippen molar-refractivity contribution in [2.24, 2.45) is 5.92 Å². The summed E-state index contributed by atoms with van der Waals surface area (Å²) >= 11 is 0. The summed E-state index contributed by atoms with van der Waals surface area (Å²) in [5, 5.41) is 22.6. The number of carbonyl (C=O) groups excluding carboxylic acids is 1. The van der Waals surface area contributed by atoms with Crippen LogP contribution in [0.25, 0.3) is 0 Å². The molecule has 0 fully saturated rings. The van der Waals surface area contributed by atoms with E-state index >= 15 is 0 Å². The lowest BCUT2D eigenvalue weighted by molar-refractivity contribution is -0.123. The van der Waals surface area contributed by atoms with Gasteiger partial charge in [-0.25, -0.2) is 0 Å². The molecule has 0 spiro atoms. The molecule has 0 saturated heterocycles. The Morgan fingerprint density at radius 3 is 2.28 bits per heavy atom. The van der Waals surface area contributed by atoms with Gasteiger partial charge in [-0.15, -0.1) is 0 Å². The molecule has 1 amide bonds. The summed E-state index contributed by atoms with van der Waals surface area (Å²) in [7, 11) is 0. The molecule has 0 aromatic heterocycles. The lowest BCUT2D eigenvalue weighted by atomic mass is 9.95. The van der Waals surface area contributed by atoms with Crippen molar-refractivity contribution in [2.45, 2.75) is 78.0 Å². The zero-order valence-electron chi connectivity index (χ0n) is 12.1. The summed E-state index contributed by atoms with van der Waals surface area (Å²) in [5.41, 5.74) is 0. The predicted molar refractivity (Wildman–Crippen MR) is 73.2 cm³/mol. The molecule has 0 rings (SSSR count). The van der Waals surface area contributed by atoms with Crippen LogP contribution in [0.2, 0.25) is 0 Å². The summed E-state index contributed by atoms with van der Waals surface area (Å²) < 4.78 is 0. The molecule has 0 saturated carbocycles. The summed E-state index contributed by atoms with van der Waals surface area (Å²) in [4.78, 5) is 11.7. The number of amides is 1. The van der Waals surface area contributed by atoms with Gasteiger partial charge in [-0.3, -0.25) is 4.79 Å². The standard InChI is InChI=1S/C14H29NO3/c1-5-7-8-13(17)15-11(9-10(3)4)14(18)12(16)6-2/h10-12,14,16,18H,5-9H2,1-4H3,(H,15,17)/t11-,12+,14-/m0/s1. The smallest absolute Gasteiger partial charge is 0.220 e. The molecular formula is C14H29NO3. The number of carbonyl (C=O) groups is 1. The van der Waals surface area contributed by atoms with E-state index in [-0.39, 0.29) is 11.9 Å². The second kappa shape index (κ2) is 9.34. The van der Waals surface area contributed by atoms with Gasteiger partial charge in [0.1, 0.15) is 0 Å². The van der Waals surface area contributed by atoms with Gasteiger partial charge < -0.3 is 15.5 Å². The Kier molecular flexibility index (Phi) is 9.02. The van der Waals surface area contributed by atoms with Crippen molar-refractivity contribution in [3.63, 3.8) is 0 Å². The van der Waals surface area contributed by atoms with E-state index in [9.17, 15) is 15.0 Å². The normalized spacial score (nSPS) is 16.4. The molecule has 0 heterocycles. The molecule has 0 aliphatic carbocycles. The van der Waals surface area contributed by atoms with E-state index in [0.29, 0.717) is 25.2 Å². The van der Waals surface area contributed by atoms with Crippen LogP contribution in [0.5, 0.6) is 0 Å². The molecule has 0 aromatic carbocycles. The Morgan fingerprint density at radius 1 is 1.22 bits per heavy atom. The van der Waals surface area contributed by atoms with E-state index in [1.54, 1.807) is 0 Å². The largest absolute Gasteiger partial charge is 0.390 e. The number of rotatable bonds is 9. The van der Waals surface area contributed by atoms with Crippen LogP contribution in [-0.4, -0.2) is 34.4 Å². The van der Waals surface area contributed by atoms with Gasteiger partial charge in [0.25, 0.3) is 0 Å². The van der Waals surface area contributed by atoms with Gasteiger partial charge in [-0.05, 0) is 25.2 Å². The highest BCUT2D eigenvalue weighted by Crippen LogP contribution is 2.13. The van der Waals surface area contributed by atoms with Crippen molar-refractivity contribution in [1.29, 1.82) is 0 Å². The van der Waals surface area contributed by atoms with Crippen molar-refractivity contribution in [1.82, 2.24) is 5.32 Å². The fourth-order valence-corrected chi connectivity index (χ4v) is 1.92. The van der Waals surface area contributed by atoms with E-state index < -0.39 is 12.2 Å². The zero-order valence-corrected chi connectivity index (χ0v) is 12.1. The Bertz CT molecular complexity index is 231. The molecule has 108 valence electrons. The lowest BCUT2D eigenvalue weighted by Crippen LogP contribution is -2.49. The average Bonchev–Trinajstić information content (AvgIpc) is 2.33. The van der Waals surface area contributed by atoms with Crippen molar-refractivity contribution in [3.8, 4) is 0 Å². The van der Waals surface area contributed by atoms with Crippen LogP contribution in [0, 0.1) is 5.92 Å². The fraction of sp³-hybridized carbons (Fsp3) is 0.929. The number of nitrogens with one attached hydrogen (secondary N) is 1. The summed E-state index contributed by atoms with van der Waals surface area (Å²) in [6.07, 6.45) is 1.81. The monoisotopic (exact) mass is 259 g/mol. The van der Waals surface area contributed by atoms with Crippen LogP contribution in [0.4, 0.5) is 0 Å². The molecule has 4 nitrogen and oxygen atoms in total. The van der Waals surface area contributed by atoms with Crippen molar-refractivity contribution >= 4 is 5.91 Å². The highest BCUT2D eigenvalue weighted by Gasteiger charge is 2.27. The Hall–Kier alpha value is -0.610. The first-order valence-electron chi connectivity index (χ1n) is 7.07. The molecule has 3 N–H and O–H groups in total. The quantitative estimate of drug-likeness (QED) is 0.592. The second-order valence-electron chi connectivity index (χ2n) is 5.37. The van der Waals surface area contributed by atoms with Crippen LogP contribution in [0.1, 0.15) is 59.8 Å². The molecule has 3 atom stereocenters. The molecule has 0 aliphatic rings. The molecule has 0 aliphatic heterocycles. The third-order valence-corrected chi connectivity index (χ3v) is 3.05. The van der Waals surface area contributed by atoms with Crippen LogP contribution >= 0.6 is 0 Å². The lowest BCUT2D eigenvalue weighted by Gasteiger charge is -2.28. The van der Waals surface area contributed by atoms with Gasteiger partial charge in [0, 0.05) is 6.42 Å². The molecule has 0 radical (unpaired) electrons. The van der Waals surface area contributed by atoms with Crippen molar-refractivity contribution < 1.29 is 15.0 Å². The van der Waals surface area contributed by atoms with Gasteiger partial charge in [0.15, 0.2) is 0 Å². The van der Waals surface area contributed by atoms with E-state index in [0.717, 1.165) is 12.8 Å². The SMILES string of the molecule is CCCCC(=O)N[C@@H](CC(C)C)[C@H](O)[C@H](O)CC. The first-order valence-corrected chi connectivity index (χ1v) is 7.07. The van der Waals surface area contributed by atoms with E-state index in [2.05, 4.69) is 5.32 Å². The Balaban J connectivity index is 4.43. The summed E-state index contributed by atoms with van der Waals surface area (Å²) in [6.45, 7) is 7.93. The van der Waals surface area contributed by atoms with Gasteiger partial charge in [0.05, 0.1) is 18.2 Å². The average molecular weight is 259 g/mol. The Labute approximate surface area is 111 Å². The summed E-state index contributed by atoms with van der Waals surface area (Å²) in [6, 6.07) is -0.357. The minimum atomic E-state index is -0.886. The highest BCUT2D eigenvalue weighted by atomic mass is 16.3. The third kappa shape index (κ3) is 6.97. The molecule has 0 bridgehead atoms. The van der Waals surface area contributed by atoms with Gasteiger partial charge >= 0.3 is 0 Å². The maximum atomic E-state index is 11.7. The Morgan fingerprint density at radius 2 is 1.83 bits per heavy atom. The molecule has 4 heteroatoms.